The molecular weight excluding hydrogens is 827 g/mol. The van der Waals surface area contributed by atoms with Crippen LogP contribution in [-0.4, -0.2) is 98.1 Å². The monoisotopic (exact) mass is 887 g/mol. The van der Waals surface area contributed by atoms with Gasteiger partial charge in [-0.1, -0.05) is 59.1 Å². The summed E-state index contributed by atoms with van der Waals surface area (Å²) in [6, 6.07) is 10.9. The highest BCUT2D eigenvalue weighted by Gasteiger charge is 2.40. The van der Waals surface area contributed by atoms with Gasteiger partial charge in [0.1, 0.15) is 35.6 Å². The molecule has 0 radical (unpaired) electrons. The number of ether oxygens (including phenoxy) is 3. The van der Waals surface area contributed by atoms with Crippen molar-refractivity contribution in [2.24, 2.45) is 17.8 Å². The highest BCUT2D eigenvalue weighted by atomic mass is 16.5. The summed E-state index contributed by atoms with van der Waals surface area (Å²) in [4.78, 5) is 76.0. The molecule has 3 fully saturated rings. The SMILES string of the molecule is COC(=O)NC(C(=O)N1CCCC1c1ncc(-c2ccc3c(c2)OC(C2CCCCC2)c2c-3[nH]c3ccc(-c4cnc(C5CCCN5C(=O)C(NC(=O)OC)C(C)C)[nH]4)cc23)[nH]1)C(C)C. The summed E-state index contributed by atoms with van der Waals surface area (Å²) >= 11 is 0. The molecule has 1 aliphatic carbocycles. The summed E-state index contributed by atoms with van der Waals surface area (Å²) in [7, 11) is 2.60. The van der Waals surface area contributed by atoms with Crippen LogP contribution >= 0.6 is 0 Å². The fraction of sp³-hybridized carbons (Fsp3) is 0.510. The Kier molecular flexibility index (Phi) is 12.3. The largest absolute Gasteiger partial charge is 0.485 e. The molecule has 2 saturated heterocycles. The molecule has 1 saturated carbocycles. The highest BCUT2D eigenvalue weighted by Crippen LogP contribution is 2.51. The topological polar surface area (TPSA) is 200 Å². The molecule has 0 spiro atoms. The fourth-order valence-corrected chi connectivity index (χ4v) is 10.5. The van der Waals surface area contributed by atoms with Gasteiger partial charge in [0.2, 0.25) is 11.8 Å². The van der Waals surface area contributed by atoms with E-state index in [1.54, 1.807) is 0 Å². The quantitative estimate of drug-likeness (QED) is 0.0861. The molecule has 5 atom stereocenters. The predicted molar refractivity (Wildman–Crippen MR) is 245 cm³/mol. The second kappa shape index (κ2) is 18.3. The first-order valence-electron chi connectivity index (χ1n) is 23.3. The molecule has 16 nitrogen and oxygen atoms in total. The highest BCUT2D eigenvalue weighted by molar-refractivity contribution is 5.96. The molecule has 4 aliphatic rings. The zero-order valence-corrected chi connectivity index (χ0v) is 38.2. The normalized spacial score (nSPS) is 20.6. The lowest BCUT2D eigenvalue weighted by Crippen LogP contribution is -2.51. The van der Waals surface area contributed by atoms with Gasteiger partial charge in [0.25, 0.3) is 0 Å². The fourth-order valence-electron chi connectivity index (χ4n) is 10.5. The van der Waals surface area contributed by atoms with Crippen molar-refractivity contribution in [3.8, 4) is 39.5 Å². The number of H-pyrrole nitrogens is 3. The number of nitrogens with zero attached hydrogens (tertiary/aromatic N) is 4. The van der Waals surface area contributed by atoms with Crippen LogP contribution in [0.5, 0.6) is 5.75 Å². The zero-order chi connectivity index (χ0) is 45.5. The van der Waals surface area contributed by atoms with Gasteiger partial charge >= 0.3 is 12.2 Å². The van der Waals surface area contributed by atoms with Crippen molar-refractivity contribution in [2.75, 3.05) is 27.3 Å². The first-order valence-corrected chi connectivity index (χ1v) is 23.3. The summed E-state index contributed by atoms with van der Waals surface area (Å²) in [5, 5.41) is 6.57. The van der Waals surface area contributed by atoms with Gasteiger partial charge in [0, 0.05) is 52.2 Å². The number of rotatable bonds is 11. The Morgan fingerprint density at radius 1 is 0.692 bits per heavy atom. The van der Waals surface area contributed by atoms with Crippen molar-refractivity contribution >= 4 is 34.9 Å². The minimum absolute atomic E-state index is 0.120. The van der Waals surface area contributed by atoms with Gasteiger partial charge in [-0.3, -0.25) is 9.59 Å². The summed E-state index contributed by atoms with van der Waals surface area (Å²) < 4.78 is 16.8. The van der Waals surface area contributed by atoms with Crippen LogP contribution < -0.4 is 15.4 Å². The van der Waals surface area contributed by atoms with Crippen molar-refractivity contribution in [2.45, 2.75) is 116 Å². The molecule has 5 N–H and O–H groups in total. The van der Waals surface area contributed by atoms with Gasteiger partial charge in [-0.05, 0) is 74.6 Å². The van der Waals surface area contributed by atoms with Crippen LogP contribution in [0.3, 0.4) is 0 Å². The number of aromatic nitrogens is 5. The number of likely N-dealkylation sites (tertiary alicyclic amines) is 2. The number of alkyl carbamates (subject to hydrolysis) is 2. The average molecular weight is 888 g/mol. The number of carbonyl (C=O) groups is 4. The summed E-state index contributed by atoms with van der Waals surface area (Å²) in [5.41, 5.74) is 7.89. The number of benzene rings is 2. The van der Waals surface area contributed by atoms with Gasteiger partial charge in [0.15, 0.2) is 0 Å². The van der Waals surface area contributed by atoms with E-state index in [9.17, 15) is 19.2 Å². The third kappa shape index (κ3) is 8.43. The molecule has 5 aromatic rings. The number of hydrogen-bond donors (Lipinski definition) is 5. The summed E-state index contributed by atoms with van der Waals surface area (Å²) in [5.74, 6) is 2.08. The average Bonchev–Trinajstić information content (AvgIpc) is 4.18. The standard InChI is InChI=1S/C49H61N9O7/c1-26(2)40(55-48(61)63-5)46(59)57-20-10-14-36(57)44-50-24-34(53-44)29-17-19-33-32(22-29)39-42(52-33)31-18-16-30(23-38(31)65-43(39)28-12-8-7-9-13-28)35-25-51-45(54-35)37-15-11-21-58(37)47(60)41(27(3)4)56-49(62)64-6/h16-19,22-28,36-37,40-41,43,52H,7-15,20-21H2,1-6H3,(H,50,53)(H,51,54)(H,55,61)(H,56,62). The van der Waals surface area contributed by atoms with E-state index < -0.39 is 24.3 Å². The van der Waals surface area contributed by atoms with Gasteiger partial charge in [-0.2, -0.15) is 0 Å². The van der Waals surface area contributed by atoms with Gasteiger partial charge < -0.3 is 49.6 Å². The van der Waals surface area contributed by atoms with E-state index in [4.69, 9.17) is 24.2 Å². The van der Waals surface area contributed by atoms with E-state index in [0.29, 0.717) is 24.8 Å². The Morgan fingerprint density at radius 3 is 1.77 bits per heavy atom. The number of methoxy groups -OCH3 is 2. The van der Waals surface area contributed by atoms with E-state index >= 15 is 0 Å². The van der Waals surface area contributed by atoms with Gasteiger partial charge in [-0.25, -0.2) is 19.6 Å². The van der Waals surface area contributed by atoms with Gasteiger partial charge in [0.05, 0.1) is 55.8 Å². The molecule has 65 heavy (non-hydrogen) atoms. The second-order valence-electron chi connectivity index (χ2n) is 18.8. The Morgan fingerprint density at radius 2 is 1.23 bits per heavy atom. The lowest BCUT2D eigenvalue weighted by atomic mass is 9.80. The van der Waals surface area contributed by atoms with Crippen LogP contribution in [0.25, 0.3) is 44.7 Å². The molecular formula is C49H61N9O7. The third-order valence-electron chi connectivity index (χ3n) is 14.0. The van der Waals surface area contributed by atoms with E-state index in [1.807, 2.05) is 49.9 Å². The van der Waals surface area contributed by atoms with Crippen LogP contribution in [0.4, 0.5) is 9.59 Å². The summed E-state index contributed by atoms with van der Waals surface area (Å²) in [6.07, 6.45) is 11.2. The minimum Gasteiger partial charge on any atom is -0.485 e. The Bertz CT molecular complexity index is 2570. The first kappa shape index (κ1) is 43.9. The van der Waals surface area contributed by atoms with Crippen molar-refractivity contribution in [1.82, 2.24) is 45.4 Å². The second-order valence-corrected chi connectivity index (χ2v) is 18.8. The molecule has 2 aromatic carbocycles. The Labute approximate surface area is 379 Å². The molecule has 344 valence electrons. The number of amides is 4. The van der Waals surface area contributed by atoms with Crippen molar-refractivity contribution in [3.63, 3.8) is 0 Å². The molecule has 5 unspecified atom stereocenters. The Hall–Kier alpha value is -6.32. The van der Waals surface area contributed by atoms with Crippen molar-refractivity contribution in [1.29, 1.82) is 0 Å². The number of nitrogens with one attached hydrogen (secondary N) is 5. The Balaban J connectivity index is 0.998. The smallest absolute Gasteiger partial charge is 0.407 e. The first-order chi connectivity index (χ1) is 31.4. The summed E-state index contributed by atoms with van der Waals surface area (Å²) in [6.45, 7) is 8.81. The molecule has 9 rings (SSSR count). The number of hydrogen-bond acceptors (Lipinski definition) is 9. The number of fused-ring (bicyclic) bond motifs is 5. The lowest BCUT2D eigenvalue weighted by Gasteiger charge is -2.35. The maximum absolute atomic E-state index is 13.8. The number of aromatic amines is 3. The predicted octanol–water partition coefficient (Wildman–Crippen LogP) is 8.72. The van der Waals surface area contributed by atoms with Crippen LogP contribution in [0.2, 0.25) is 0 Å². The minimum atomic E-state index is -0.707. The molecule has 3 aromatic heterocycles. The third-order valence-corrected chi connectivity index (χ3v) is 14.0. The van der Waals surface area contributed by atoms with Crippen molar-refractivity contribution < 1.29 is 33.4 Å². The van der Waals surface area contributed by atoms with Crippen molar-refractivity contribution in [3.05, 3.63) is 66.0 Å². The van der Waals surface area contributed by atoms with Crippen LogP contribution in [0, 0.1) is 17.8 Å². The van der Waals surface area contributed by atoms with E-state index in [-0.39, 0.29) is 41.8 Å². The maximum atomic E-state index is 13.8. The molecule has 6 heterocycles. The van der Waals surface area contributed by atoms with Crippen LogP contribution in [-0.2, 0) is 19.1 Å². The van der Waals surface area contributed by atoms with Gasteiger partial charge in [-0.15, -0.1) is 0 Å². The number of imidazole rings is 2. The van der Waals surface area contributed by atoms with E-state index in [2.05, 4.69) is 62.0 Å². The lowest BCUT2D eigenvalue weighted by molar-refractivity contribution is -0.136. The zero-order valence-electron chi connectivity index (χ0n) is 38.2. The van der Waals surface area contributed by atoms with Crippen LogP contribution in [0.15, 0.2) is 48.8 Å². The molecule has 3 aliphatic heterocycles. The van der Waals surface area contributed by atoms with Crippen LogP contribution in [0.1, 0.15) is 121 Å². The van der Waals surface area contributed by atoms with E-state index in [1.165, 1.54) is 39.0 Å². The molecule has 16 heteroatoms. The van der Waals surface area contributed by atoms with E-state index in [0.717, 1.165) is 94.8 Å². The number of carbonyl (C=O) groups excluding carboxylic acids is 4. The molecule has 4 amide bonds. The molecule has 0 bridgehead atoms. The maximum Gasteiger partial charge on any atom is 0.407 e.